The predicted octanol–water partition coefficient (Wildman–Crippen LogP) is 2.59. The van der Waals surface area contributed by atoms with Crippen molar-refractivity contribution in [3.63, 3.8) is 0 Å². The van der Waals surface area contributed by atoms with E-state index >= 15 is 0 Å². The Hall–Kier alpha value is -0.830. The molecule has 13 heavy (non-hydrogen) atoms. The zero-order valence-electron chi connectivity index (χ0n) is 7.21. The molecule has 0 amide bonds. The van der Waals surface area contributed by atoms with E-state index in [2.05, 4.69) is 15.9 Å². The molecule has 0 N–H and O–H groups in total. The van der Waals surface area contributed by atoms with E-state index in [-0.39, 0.29) is 6.10 Å². The first-order valence-electron chi connectivity index (χ1n) is 4.15. The van der Waals surface area contributed by atoms with Crippen LogP contribution in [0.2, 0.25) is 0 Å². The summed E-state index contributed by atoms with van der Waals surface area (Å²) in [6, 6.07) is 3.67. The van der Waals surface area contributed by atoms with Gasteiger partial charge in [0.05, 0.1) is 4.47 Å². The van der Waals surface area contributed by atoms with Gasteiger partial charge in [-0.1, -0.05) is 0 Å². The molecule has 0 bridgehead atoms. The van der Waals surface area contributed by atoms with Crippen molar-refractivity contribution in [2.75, 3.05) is 0 Å². The van der Waals surface area contributed by atoms with Gasteiger partial charge in [0, 0.05) is 12.0 Å². The van der Waals surface area contributed by atoms with Crippen LogP contribution in [-0.4, -0.2) is 12.4 Å². The van der Waals surface area contributed by atoms with E-state index in [1.807, 2.05) is 13.0 Å². The van der Waals surface area contributed by atoms with Crippen molar-refractivity contribution in [1.82, 2.24) is 0 Å². The second kappa shape index (κ2) is 3.14. The first-order valence-corrected chi connectivity index (χ1v) is 4.94. The van der Waals surface area contributed by atoms with Crippen molar-refractivity contribution >= 4 is 22.2 Å². The van der Waals surface area contributed by atoms with Gasteiger partial charge in [-0.25, -0.2) is 0 Å². The summed E-state index contributed by atoms with van der Waals surface area (Å²) in [7, 11) is 0. The molecule has 0 saturated carbocycles. The van der Waals surface area contributed by atoms with Crippen molar-refractivity contribution in [1.29, 1.82) is 0 Å². The maximum atomic E-state index is 10.6. The van der Waals surface area contributed by atoms with Crippen molar-refractivity contribution in [2.24, 2.45) is 0 Å². The lowest BCUT2D eigenvalue weighted by atomic mass is 10.1. The quantitative estimate of drug-likeness (QED) is 0.706. The highest BCUT2D eigenvalue weighted by molar-refractivity contribution is 9.10. The van der Waals surface area contributed by atoms with E-state index in [9.17, 15) is 4.79 Å². The van der Waals surface area contributed by atoms with Gasteiger partial charge >= 0.3 is 0 Å². The molecule has 1 atom stereocenters. The molecule has 0 spiro atoms. The van der Waals surface area contributed by atoms with Gasteiger partial charge in [-0.3, -0.25) is 4.79 Å². The average Bonchev–Trinajstić information content (AvgIpc) is 2.46. The van der Waals surface area contributed by atoms with Gasteiger partial charge in [0.1, 0.15) is 18.1 Å². The maximum absolute atomic E-state index is 10.6. The van der Waals surface area contributed by atoms with Crippen LogP contribution >= 0.6 is 15.9 Å². The van der Waals surface area contributed by atoms with Gasteiger partial charge in [0.2, 0.25) is 0 Å². The second-order valence-electron chi connectivity index (χ2n) is 3.24. The number of aldehydes is 1. The molecule has 1 aliphatic heterocycles. The zero-order chi connectivity index (χ0) is 9.42. The third-order valence-corrected chi connectivity index (χ3v) is 2.69. The number of halogens is 1. The smallest absolute Gasteiger partial charge is 0.150 e. The molecule has 1 aromatic carbocycles. The Morgan fingerprint density at radius 2 is 2.38 bits per heavy atom. The van der Waals surface area contributed by atoms with Crippen LogP contribution in [0.3, 0.4) is 0 Å². The number of ether oxygens (including phenoxy) is 1. The SMILES string of the molecule is CC1Cc2cc(C=O)cc(Br)c2O1. The van der Waals surface area contributed by atoms with Crippen LogP contribution in [0.25, 0.3) is 0 Å². The number of benzene rings is 1. The summed E-state index contributed by atoms with van der Waals surface area (Å²) in [4.78, 5) is 10.6. The number of carbonyl (C=O) groups excluding carboxylic acids is 1. The number of hydrogen-bond acceptors (Lipinski definition) is 2. The Labute approximate surface area is 85.0 Å². The van der Waals surface area contributed by atoms with Crippen LogP contribution < -0.4 is 4.74 Å². The van der Waals surface area contributed by atoms with E-state index < -0.39 is 0 Å². The molecule has 1 unspecified atom stereocenters. The van der Waals surface area contributed by atoms with Gasteiger partial charge < -0.3 is 4.74 Å². The van der Waals surface area contributed by atoms with Crippen LogP contribution in [0.1, 0.15) is 22.8 Å². The molecular formula is C10H9BrO2. The third kappa shape index (κ3) is 1.48. The number of hydrogen-bond donors (Lipinski definition) is 0. The number of carbonyl (C=O) groups is 1. The molecular weight excluding hydrogens is 232 g/mol. The fraction of sp³-hybridized carbons (Fsp3) is 0.300. The molecule has 0 aliphatic carbocycles. The van der Waals surface area contributed by atoms with E-state index in [1.54, 1.807) is 6.07 Å². The number of fused-ring (bicyclic) bond motifs is 1. The molecule has 0 fully saturated rings. The van der Waals surface area contributed by atoms with Crippen LogP contribution in [0.15, 0.2) is 16.6 Å². The molecule has 0 saturated heterocycles. The summed E-state index contributed by atoms with van der Waals surface area (Å²) in [6.07, 6.45) is 1.96. The highest BCUT2D eigenvalue weighted by Gasteiger charge is 2.21. The van der Waals surface area contributed by atoms with Crippen LogP contribution in [0.5, 0.6) is 5.75 Å². The first-order chi connectivity index (χ1) is 6.20. The summed E-state index contributed by atoms with van der Waals surface area (Å²) in [5.41, 5.74) is 1.81. The van der Waals surface area contributed by atoms with E-state index in [0.717, 1.165) is 28.5 Å². The molecule has 2 nitrogen and oxygen atoms in total. The monoisotopic (exact) mass is 240 g/mol. The molecule has 3 heteroatoms. The molecule has 68 valence electrons. The Balaban J connectivity index is 2.52. The van der Waals surface area contributed by atoms with E-state index in [1.165, 1.54) is 0 Å². The summed E-state index contributed by atoms with van der Waals surface area (Å²) >= 11 is 3.38. The summed E-state index contributed by atoms with van der Waals surface area (Å²) < 4.78 is 6.45. The van der Waals surface area contributed by atoms with Crippen molar-refractivity contribution in [3.8, 4) is 5.75 Å². The highest BCUT2D eigenvalue weighted by atomic mass is 79.9. The largest absolute Gasteiger partial charge is 0.489 e. The van der Waals surface area contributed by atoms with E-state index in [4.69, 9.17) is 4.74 Å². The minimum atomic E-state index is 0.216. The molecule has 2 rings (SSSR count). The summed E-state index contributed by atoms with van der Waals surface area (Å²) in [5, 5.41) is 0. The lowest BCUT2D eigenvalue weighted by molar-refractivity contribution is 0.112. The van der Waals surface area contributed by atoms with Crippen molar-refractivity contribution in [2.45, 2.75) is 19.4 Å². The second-order valence-corrected chi connectivity index (χ2v) is 4.10. The Morgan fingerprint density at radius 3 is 3.08 bits per heavy atom. The van der Waals surface area contributed by atoms with Gasteiger partial charge in [-0.2, -0.15) is 0 Å². The van der Waals surface area contributed by atoms with Crippen molar-refractivity contribution < 1.29 is 9.53 Å². The van der Waals surface area contributed by atoms with Crippen LogP contribution in [0, 0.1) is 0 Å². The van der Waals surface area contributed by atoms with Gasteiger partial charge in [-0.15, -0.1) is 0 Å². The van der Waals surface area contributed by atoms with Gasteiger partial charge in [-0.05, 0) is 40.5 Å². The Bertz CT molecular complexity index is 360. The van der Waals surface area contributed by atoms with Crippen LogP contribution in [-0.2, 0) is 6.42 Å². The number of rotatable bonds is 1. The Morgan fingerprint density at radius 1 is 1.62 bits per heavy atom. The molecule has 1 aliphatic rings. The molecule has 1 aromatic rings. The average molecular weight is 241 g/mol. The lowest BCUT2D eigenvalue weighted by Crippen LogP contribution is -2.05. The standard InChI is InChI=1S/C10H9BrO2/c1-6-2-8-3-7(5-12)4-9(11)10(8)13-6/h3-6H,2H2,1H3. The van der Waals surface area contributed by atoms with E-state index in [0.29, 0.717) is 5.56 Å². The molecule has 0 radical (unpaired) electrons. The minimum absolute atomic E-state index is 0.216. The fourth-order valence-electron chi connectivity index (χ4n) is 1.58. The summed E-state index contributed by atoms with van der Waals surface area (Å²) in [5.74, 6) is 0.887. The molecule has 0 aromatic heterocycles. The van der Waals surface area contributed by atoms with Gasteiger partial charge in [0.25, 0.3) is 0 Å². The first kappa shape index (κ1) is 8.75. The Kier molecular flexibility index (Phi) is 2.12. The summed E-state index contributed by atoms with van der Waals surface area (Å²) in [6.45, 7) is 2.02. The molecule has 1 heterocycles. The van der Waals surface area contributed by atoms with Crippen molar-refractivity contribution in [3.05, 3.63) is 27.7 Å². The normalized spacial score (nSPS) is 19.4. The lowest BCUT2D eigenvalue weighted by Gasteiger charge is -2.04. The van der Waals surface area contributed by atoms with Gasteiger partial charge in [0.15, 0.2) is 0 Å². The topological polar surface area (TPSA) is 26.3 Å². The fourth-order valence-corrected chi connectivity index (χ4v) is 2.19. The zero-order valence-corrected chi connectivity index (χ0v) is 8.80. The minimum Gasteiger partial charge on any atom is -0.489 e. The highest BCUT2D eigenvalue weighted by Crippen LogP contribution is 2.36. The predicted molar refractivity (Wildman–Crippen MR) is 53.3 cm³/mol. The van der Waals surface area contributed by atoms with Crippen LogP contribution in [0.4, 0.5) is 0 Å². The third-order valence-electron chi connectivity index (χ3n) is 2.11. The maximum Gasteiger partial charge on any atom is 0.150 e.